The molecule has 0 aliphatic rings. The molecular weight excluding hydrogens is 425 g/mol. The van der Waals surface area contributed by atoms with Crippen LogP contribution in [0, 0.1) is 0 Å². The zero-order chi connectivity index (χ0) is 21.9. The fraction of sp³-hybridized carbons (Fsp3) is 0.318. The van der Waals surface area contributed by atoms with Gasteiger partial charge in [0, 0.05) is 17.6 Å². The quantitative estimate of drug-likeness (QED) is 0.507. The van der Waals surface area contributed by atoms with Crippen molar-refractivity contribution in [2.75, 3.05) is 13.7 Å². The van der Waals surface area contributed by atoms with E-state index in [-0.39, 0.29) is 24.5 Å². The summed E-state index contributed by atoms with van der Waals surface area (Å²) < 4.78 is 11.2. The average Bonchev–Trinajstić information content (AvgIpc) is 3.15. The van der Waals surface area contributed by atoms with E-state index in [1.165, 1.54) is 10.5 Å². The minimum Gasteiger partial charge on any atom is -0.482 e. The second kappa shape index (κ2) is 9.06. The normalized spacial score (nSPS) is 11.4. The fourth-order valence-corrected chi connectivity index (χ4v) is 3.14. The number of halogens is 2. The molecule has 158 valence electrons. The molecule has 0 aliphatic carbocycles. The monoisotopic (exact) mass is 447 g/mol. The predicted molar refractivity (Wildman–Crippen MR) is 117 cm³/mol. The Kier molecular flexibility index (Phi) is 6.68. The number of hydrogen-bond donors (Lipinski definition) is 0. The van der Waals surface area contributed by atoms with E-state index in [2.05, 4.69) is 31.0 Å². The highest BCUT2D eigenvalue weighted by Gasteiger charge is 2.17. The third-order valence-electron chi connectivity index (χ3n) is 4.51. The molecule has 1 heterocycles. The molecule has 0 radical (unpaired) electrons. The maximum atomic E-state index is 12.3. The molecule has 2 aromatic carbocycles. The van der Waals surface area contributed by atoms with Gasteiger partial charge in [0.2, 0.25) is 11.8 Å². The standard InChI is InChI=1S/C22H23Cl2N3O3/c1-22(2,3)15-7-5-14(6-8-15)21-26-25-19(30-21)12-27(4)20(28)13-29-18-10-9-16(23)11-17(18)24/h5-11H,12-13H2,1-4H3. The Labute approximate surface area is 185 Å². The van der Waals surface area contributed by atoms with Gasteiger partial charge in [0.05, 0.1) is 11.6 Å². The largest absolute Gasteiger partial charge is 0.482 e. The zero-order valence-corrected chi connectivity index (χ0v) is 18.8. The number of likely N-dealkylation sites (N-methyl/N-ethyl adjacent to an activating group) is 1. The van der Waals surface area contributed by atoms with Crippen LogP contribution in [0.4, 0.5) is 0 Å². The van der Waals surface area contributed by atoms with E-state index < -0.39 is 0 Å². The number of amides is 1. The summed E-state index contributed by atoms with van der Waals surface area (Å²) in [5, 5.41) is 8.97. The van der Waals surface area contributed by atoms with E-state index in [1.54, 1.807) is 25.2 Å². The third-order valence-corrected chi connectivity index (χ3v) is 5.04. The van der Waals surface area contributed by atoms with Gasteiger partial charge in [0.15, 0.2) is 6.61 Å². The van der Waals surface area contributed by atoms with Crippen molar-refractivity contribution < 1.29 is 13.9 Å². The lowest BCUT2D eigenvalue weighted by atomic mass is 9.87. The first-order chi connectivity index (χ1) is 14.1. The average molecular weight is 448 g/mol. The van der Waals surface area contributed by atoms with Gasteiger partial charge < -0.3 is 14.1 Å². The summed E-state index contributed by atoms with van der Waals surface area (Å²) in [5.74, 6) is 0.887. The van der Waals surface area contributed by atoms with Crippen LogP contribution in [0.3, 0.4) is 0 Å². The van der Waals surface area contributed by atoms with E-state index in [4.69, 9.17) is 32.4 Å². The van der Waals surface area contributed by atoms with E-state index in [0.717, 1.165) is 5.56 Å². The molecule has 3 aromatic rings. The van der Waals surface area contributed by atoms with Gasteiger partial charge in [0.1, 0.15) is 5.75 Å². The molecule has 0 bridgehead atoms. The Hall–Kier alpha value is -2.57. The van der Waals surface area contributed by atoms with E-state index in [0.29, 0.717) is 27.6 Å². The van der Waals surface area contributed by atoms with E-state index in [9.17, 15) is 4.79 Å². The Balaban J connectivity index is 1.58. The van der Waals surface area contributed by atoms with Crippen LogP contribution >= 0.6 is 23.2 Å². The Bertz CT molecular complexity index is 1030. The maximum absolute atomic E-state index is 12.3. The van der Waals surface area contributed by atoms with Crippen molar-refractivity contribution in [2.45, 2.75) is 32.7 Å². The number of benzene rings is 2. The molecule has 0 fully saturated rings. The van der Waals surface area contributed by atoms with Crippen LogP contribution in [0.25, 0.3) is 11.5 Å². The SMILES string of the molecule is CN(Cc1nnc(-c2ccc(C(C)(C)C)cc2)o1)C(=O)COc1ccc(Cl)cc1Cl. The highest BCUT2D eigenvalue weighted by molar-refractivity contribution is 6.35. The summed E-state index contributed by atoms with van der Waals surface area (Å²) in [7, 11) is 1.64. The number of rotatable bonds is 6. The molecule has 0 saturated heterocycles. The number of hydrogen-bond acceptors (Lipinski definition) is 5. The first kappa shape index (κ1) is 22.1. The number of nitrogens with zero attached hydrogens (tertiary/aromatic N) is 3. The molecule has 3 rings (SSSR count). The molecule has 8 heteroatoms. The molecule has 30 heavy (non-hydrogen) atoms. The third kappa shape index (κ3) is 5.52. The zero-order valence-electron chi connectivity index (χ0n) is 17.3. The molecule has 0 spiro atoms. The van der Waals surface area contributed by atoms with Crippen molar-refractivity contribution >= 4 is 29.1 Å². The van der Waals surface area contributed by atoms with Crippen LogP contribution in [0.1, 0.15) is 32.2 Å². The Morgan fingerprint density at radius 1 is 1.10 bits per heavy atom. The summed E-state index contributed by atoms with van der Waals surface area (Å²) in [6, 6.07) is 12.8. The van der Waals surface area contributed by atoms with Crippen molar-refractivity contribution in [2.24, 2.45) is 0 Å². The van der Waals surface area contributed by atoms with Gasteiger partial charge in [-0.3, -0.25) is 4.79 Å². The summed E-state index contributed by atoms with van der Waals surface area (Å²) in [6.07, 6.45) is 0. The molecule has 0 aliphatic heterocycles. The van der Waals surface area contributed by atoms with Gasteiger partial charge >= 0.3 is 0 Å². The van der Waals surface area contributed by atoms with Crippen LogP contribution in [0.15, 0.2) is 46.9 Å². The van der Waals surface area contributed by atoms with E-state index >= 15 is 0 Å². The number of aromatic nitrogens is 2. The summed E-state index contributed by atoms with van der Waals surface area (Å²) >= 11 is 11.9. The van der Waals surface area contributed by atoms with E-state index in [1.807, 2.05) is 24.3 Å². The molecular formula is C22H23Cl2N3O3. The smallest absolute Gasteiger partial charge is 0.260 e. The summed E-state index contributed by atoms with van der Waals surface area (Å²) in [4.78, 5) is 13.8. The lowest BCUT2D eigenvalue weighted by Crippen LogP contribution is -2.31. The van der Waals surface area contributed by atoms with Gasteiger partial charge in [0.25, 0.3) is 5.91 Å². The second-order valence-corrected chi connectivity index (χ2v) is 8.79. The molecule has 6 nitrogen and oxygen atoms in total. The first-order valence-electron chi connectivity index (χ1n) is 9.38. The predicted octanol–water partition coefficient (Wildman–Crippen LogP) is 5.38. The molecule has 0 N–H and O–H groups in total. The lowest BCUT2D eigenvalue weighted by molar-refractivity contribution is -0.132. The molecule has 1 aromatic heterocycles. The topological polar surface area (TPSA) is 68.5 Å². The van der Waals surface area contributed by atoms with Crippen LogP contribution < -0.4 is 4.74 Å². The van der Waals surface area contributed by atoms with Crippen molar-refractivity contribution in [1.82, 2.24) is 15.1 Å². The molecule has 1 amide bonds. The number of carbonyl (C=O) groups is 1. The van der Waals surface area contributed by atoms with Crippen molar-refractivity contribution in [3.05, 3.63) is 64.0 Å². The van der Waals surface area contributed by atoms with Gasteiger partial charge in [-0.25, -0.2) is 0 Å². The summed E-state index contributed by atoms with van der Waals surface area (Å²) in [5.41, 5.74) is 2.12. The fourth-order valence-electron chi connectivity index (χ4n) is 2.68. The van der Waals surface area contributed by atoms with Gasteiger partial charge in [-0.05, 0) is 41.3 Å². The summed E-state index contributed by atoms with van der Waals surface area (Å²) in [6.45, 7) is 6.47. The van der Waals surface area contributed by atoms with Gasteiger partial charge in [-0.1, -0.05) is 56.1 Å². The lowest BCUT2D eigenvalue weighted by Gasteiger charge is -2.18. The van der Waals surface area contributed by atoms with Crippen molar-refractivity contribution in [1.29, 1.82) is 0 Å². The minimum atomic E-state index is -0.254. The molecule has 0 atom stereocenters. The first-order valence-corrected chi connectivity index (χ1v) is 10.1. The van der Waals surface area contributed by atoms with Gasteiger partial charge in [-0.2, -0.15) is 0 Å². The Morgan fingerprint density at radius 2 is 1.80 bits per heavy atom. The van der Waals surface area contributed by atoms with Crippen LogP contribution in [-0.2, 0) is 16.8 Å². The molecule has 0 unspecified atom stereocenters. The highest BCUT2D eigenvalue weighted by atomic mass is 35.5. The van der Waals surface area contributed by atoms with Crippen LogP contribution in [0.2, 0.25) is 10.0 Å². The van der Waals surface area contributed by atoms with Crippen molar-refractivity contribution in [3.8, 4) is 17.2 Å². The number of carbonyl (C=O) groups excluding carboxylic acids is 1. The van der Waals surface area contributed by atoms with Crippen molar-refractivity contribution in [3.63, 3.8) is 0 Å². The van der Waals surface area contributed by atoms with Crippen LogP contribution in [-0.4, -0.2) is 34.7 Å². The van der Waals surface area contributed by atoms with Crippen LogP contribution in [0.5, 0.6) is 5.75 Å². The maximum Gasteiger partial charge on any atom is 0.260 e. The second-order valence-electron chi connectivity index (χ2n) is 7.94. The minimum absolute atomic E-state index is 0.0694. The number of ether oxygens (including phenoxy) is 1. The Morgan fingerprint density at radius 3 is 2.43 bits per heavy atom. The molecule has 0 saturated carbocycles. The van der Waals surface area contributed by atoms with Gasteiger partial charge in [-0.15, -0.1) is 10.2 Å². The highest BCUT2D eigenvalue weighted by Crippen LogP contribution is 2.28.